The molecule has 1 rings (SSSR count). The molecule has 1 N–H and O–H groups in total. The second kappa shape index (κ2) is 6.40. The van der Waals surface area contributed by atoms with Crippen LogP contribution in [0, 0.1) is 0 Å². The normalized spacial score (nSPS) is 11.9. The lowest BCUT2D eigenvalue weighted by Gasteiger charge is -2.23. The number of hydrogen-bond acceptors (Lipinski definition) is 2. The summed E-state index contributed by atoms with van der Waals surface area (Å²) in [6.07, 6.45) is 0.165. The predicted molar refractivity (Wildman–Crippen MR) is 69.6 cm³/mol. The van der Waals surface area contributed by atoms with E-state index in [4.69, 9.17) is 16.7 Å². The largest absolute Gasteiger partial charge is 0.481 e. The highest BCUT2D eigenvalue weighted by molar-refractivity contribution is 6.30. The lowest BCUT2D eigenvalue weighted by molar-refractivity contribution is -0.139. The van der Waals surface area contributed by atoms with Crippen molar-refractivity contribution in [3.63, 3.8) is 0 Å². The fourth-order valence-electron chi connectivity index (χ4n) is 1.58. The van der Waals surface area contributed by atoms with Crippen LogP contribution in [0.1, 0.15) is 18.9 Å². The fraction of sp³-hybridized carbons (Fsp3) is 0.385. The molecule has 1 aromatic carbocycles. The number of carboxylic acids is 1. The van der Waals surface area contributed by atoms with Crippen LogP contribution in [0.15, 0.2) is 24.3 Å². The molecule has 1 unspecified atom stereocenters. The molecule has 0 aliphatic rings. The van der Waals surface area contributed by atoms with Gasteiger partial charge in [0.05, 0.1) is 12.8 Å². The van der Waals surface area contributed by atoms with E-state index in [-0.39, 0.29) is 24.8 Å². The van der Waals surface area contributed by atoms with Crippen LogP contribution in [-0.4, -0.2) is 35.0 Å². The SMILES string of the molecule is CC(CC(=O)O)N(C)C(=O)Cc1cccc(Cl)c1. The number of carbonyl (C=O) groups excluding carboxylic acids is 1. The van der Waals surface area contributed by atoms with E-state index < -0.39 is 5.97 Å². The summed E-state index contributed by atoms with van der Waals surface area (Å²) in [6, 6.07) is 6.75. The average Bonchev–Trinajstić information content (AvgIpc) is 2.27. The number of carboxylic acid groups (broad SMARTS) is 1. The van der Waals surface area contributed by atoms with Crippen molar-refractivity contribution in [2.45, 2.75) is 25.8 Å². The van der Waals surface area contributed by atoms with Gasteiger partial charge in [0, 0.05) is 18.1 Å². The summed E-state index contributed by atoms with van der Waals surface area (Å²) < 4.78 is 0. The van der Waals surface area contributed by atoms with Crippen LogP contribution >= 0.6 is 11.6 Å². The third kappa shape index (κ3) is 4.37. The quantitative estimate of drug-likeness (QED) is 0.892. The fourth-order valence-corrected chi connectivity index (χ4v) is 1.79. The molecule has 1 atom stereocenters. The van der Waals surface area contributed by atoms with E-state index in [0.29, 0.717) is 5.02 Å². The summed E-state index contributed by atoms with van der Waals surface area (Å²) in [5.41, 5.74) is 0.821. The van der Waals surface area contributed by atoms with Gasteiger partial charge in [0.1, 0.15) is 0 Å². The summed E-state index contributed by atoms with van der Waals surface area (Å²) in [7, 11) is 1.61. The van der Waals surface area contributed by atoms with E-state index in [0.717, 1.165) is 5.56 Å². The highest BCUT2D eigenvalue weighted by Crippen LogP contribution is 2.12. The van der Waals surface area contributed by atoms with Crippen molar-refractivity contribution < 1.29 is 14.7 Å². The van der Waals surface area contributed by atoms with Crippen LogP contribution in [0.3, 0.4) is 0 Å². The van der Waals surface area contributed by atoms with E-state index in [9.17, 15) is 9.59 Å². The van der Waals surface area contributed by atoms with Crippen molar-refractivity contribution in [3.8, 4) is 0 Å². The van der Waals surface area contributed by atoms with E-state index in [1.54, 1.807) is 32.2 Å². The van der Waals surface area contributed by atoms with Crippen LogP contribution in [0.5, 0.6) is 0 Å². The van der Waals surface area contributed by atoms with Crippen molar-refractivity contribution >= 4 is 23.5 Å². The molecule has 0 saturated carbocycles. The maximum Gasteiger partial charge on any atom is 0.305 e. The molecule has 98 valence electrons. The molecular weight excluding hydrogens is 254 g/mol. The molecule has 5 heteroatoms. The molecular formula is C13H16ClNO3. The second-order valence-electron chi connectivity index (χ2n) is 4.26. The Morgan fingerprint density at radius 3 is 2.67 bits per heavy atom. The van der Waals surface area contributed by atoms with Crippen molar-refractivity contribution in [1.29, 1.82) is 0 Å². The third-order valence-corrected chi connectivity index (χ3v) is 3.00. The van der Waals surface area contributed by atoms with Crippen LogP contribution in [0.25, 0.3) is 0 Å². The monoisotopic (exact) mass is 269 g/mol. The average molecular weight is 270 g/mol. The summed E-state index contributed by atoms with van der Waals surface area (Å²) >= 11 is 5.84. The minimum atomic E-state index is -0.912. The van der Waals surface area contributed by atoms with Gasteiger partial charge in [-0.1, -0.05) is 23.7 Å². The molecule has 0 radical (unpaired) electrons. The van der Waals surface area contributed by atoms with Crippen molar-refractivity contribution in [1.82, 2.24) is 4.90 Å². The first-order chi connectivity index (χ1) is 8.40. The molecule has 0 heterocycles. The smallest absolute Gasteiger partial charge is 0.305 e. The second-order valence-corrected chi connectivity index (χ2v) is 4.69. The van der Waals surface area contributed by atoms with Gasteiger partial charge < -0.3 is 10.0 Å². The molecule has 18 heavy (non-hydrogen) atoms. The van der Waals surface area contributed by atoms with E-state index in [1.807, 2.05) is 6.07 Å². The van der Waals surface area contributed by atoms with E-state index in [2.05, 4.69) is 0 Å². The number of carbonyl (C=O) groups is 2. The maximum atomic E-state index is 11.9. The molecule has 0 bridgehead atoms. The number of halogens is 1. The molecule has 0 fully saturated rings. The van der Waals surface area contributed by atoms with Gasteiger partial charge in [-0.3, -0.25) is 9.59 Å². The molecule has 0 saturated heterocycles. The molecule has 0 aromatic heterocycles. The minimum absolute atomic E-state index is 0.0578. The molecule has 0 spiro atoms. The summed E-state index contributed by atoms with van der Waals surface area (Å²) in [6.45, 7) is 1.71. The summed E-state index contributed by atoms with van der Waals surface area (Å²) in [4.78, 5) is 24.0. The molecule has 0 aliphatic heterocycles. The van der Waals surface area contributed by atoms with Gasteiger partial charge >= 0.3 is 5.97 Å². The molecule has 1 amide bonds. The third-order valence-electron chi connectivity index (χ3n) is 2.77. The zero-order valence-electron chi connectivity index (χ0n) is 10.4. The zero-order chi connectivity index (χ0) is 13.7. The van der Waals surface area contributed by atoms with Crippen LogP contribution in [0.2, 0.25) is 5.02 Å². The van der Waals surface area contributed by atoms with E-state index in [1.165, 1.54) is 4.90 Å². The Morgan fingerprint density at radius 1 is 1.44 bits per heavy atom. The molecule has 4 nitrogen and oxygen atoms in total. The minimum Gasteiger partial charge on any atom is -0.481 e. The predicted octanol–water partition coefficient (Wildman–Crippen LogP) is 2.20. The topological polar surface area (TPSA) is 57.6 Å². The number of amides is 1. The van der Waals surface area contributed by atoms with E-state index >= 15 is 0 Å². The van der Waals surface area contributed by atoms with Gasteiger partial charge in [-0.2, -0.15) is 0 Å². The number of rotatable bonds is 5. The van der Waals surface area contributed by atoms with Gasteiger partial charge in [0.2, 0.25) is 5.91 Å². The highest BCUT2D eigenvalue weighted by atomic mass is 35.5. The Labute approximate surface area is 111 Å². The Balaban J connectivity index is 2.62. The van der Waals surface area contributed by atoms with Gasteiger partial charge in [0.25, 0.3) is 0 Å². The number of likely N-dealkylation sites (N-methyl/N-ethyl adjacent to an activating group) is 1. The first-order valence-corrected chi connectivity index (χ1v) is 6.00. The van der Waals surface area contributed by atoms with Crippen LogP contribution in [-0.2, 0) is 16.0 Å². The van der Waals surface area contributed by atoms with Gasteiger partial charge in [-0.05, 0) is 24.6 Å². The Morgan fingerprint density at radius 2 is 2.11 bits per heavy atom. The number of benzene rings is 1. The Kier molecular flexibility index (Phi) is 5.16. The maximum absolute atomic E-state index is 11.9. The van der Waals surface area contributed by atoms with Crippen molar-refractivity contribution in [2.24, 2.45) is 0 Å². The molecule has 0 aliphatic carbocycles. The number of nitrogens with zero attached hydrogens (tertiary/aromatic N) is 1. The number of aliphatic carboxylic acids is 1. The molecule has 1 aromatic rings. The van der Waals surface area contributed by atoms with Crippen LogP contribution < -0.4 is 0 Å². The summed E-state index contributed by atoms with van der Waals surface area (Å²) in [5.74, 6) is -1.03. The first-order valence-electron chi connectivity index (χ1n) is 5.62. The summed E-state index contributed by atoms with van der Waals surface area (Å²) in [5, 5.41) is 9.27. The standard InChI is InChI=1S/C13H16ClNO3/c1-9(6-13(17)18)15(2)12(16)8-10-4-3-5-11(14)7-10/h3-5,7,9H,6,8H2,1-2H3,(H,17,18). The van der Waals surface area contributed by atoms with Crippen LogP contribution in [0.4, 0.5) is 0 Å². The van der Waals surface area contributed by atoms with Crippen molar-refractivity contribution in [3.05, 3.63) is 34.9 Å². The van der Waals surface area contributed by atoms with Gasteiger partial charge in [-0.25, -0.2) is 0 Å². The zero-order valence-corrected chi connectivity index (χ0v) is 11.1. The Hall–Kier alpha value is -1.55. The lowest BCUT2D eigenvalue weighted by Crippen LogP contribution is -2.37. The van der Waals surface area contributed by atoms with Gasteiger partial charge in [-0.15, -0.1) is 0 Å². The van der Waals surface area contributed by atoms with Gasteiger partial charge in [0.15, 0.2) is 0 Å². The van der Waals surface area contributed by atoms with Crippen molar-refractivity contribution in [2.75, 3.05) is 7.05 Å². The lowest BCUT2D eigenvalue weighted by atomic mass is 10.1. The number of hydrogen-bond donors (Lipinski definition) is 1. The Bertz CT molecular complexity index is 448. The highest BCUT2D eigenvalue weighted by Gasteiger charge is 2.18. The first kappa shape index (κ1) is 14.5.